The van der Waals surface area contributed by atoms with Gasteiger partial charge in [-0.05, 0) is 18.6 Å². The Balaban J connectivity index is 2.01. The third-order valence-corrected chi connectivity index (χ3v) is 4.29. The number of nitrogens with two attached hydrogens (primary N) is 1. The lowest BCUT2D eigenvalue weighted by molar-refractivity contribution is 0.560. The number of hydrogen-bond acceptors (Lipinski definition) is 4. The van der Waals surface area contributed by atoms with Gasteiger partial charge >= 0.3 is 0 Å². The molecule has 0 fully saturated rings. The molecule has 1 heterocycles. The van der Waals surface area contributed by atoms with Gasteiger partial charge in [0.25, 0.3) is 0 Å². The Morgan fingerprint density at radius 1 is 1.37 bits per heavy atom. The first kappa shape index (κ1) is 13.6. The number of sulfonamides is 1. The van der Waals surface area contributed by atoms with Gasteiger partial charge in [0.1, 0.15) is 0 Å². The summed E-state index contributed by atoms with van der Waals surface area (Å²) in [5, 5.41) is 3.98. The van der Waals surface area contributed by atoms with Crippen LogP contribution in [0, 0.1) is 6.92 Å². The summed E-state index contributed by atoms with van der Waals surface area (Å²) >= 11 is 0. The van der Waals surface area contributed by atoms with Crippen LogP contribution in [0.4, 0.5) is 5.69 Å². The molecule has 0 amide bonds. The molecule has 0 aliphatic heterocycles. The third kappa shape index (κ3) is 3.33. The minimum atomic E-state index is -3.48. The molecule has 3 N–H and O–H groups in total. The van der Waals surface area contributed by atoms with Crippen LogP contribution in [0.3, 0.4) is 0 Å². The molecule has 0 saturated carbocycles. The molecule has 0 aliphatic rings. The fourth-order valence-corrected chi connectivity index (χ4v) is 3.00. The van der Waals surface area contributed by atoms with Crippen molar-refractivity contribution in [2.75, 3.05) is 12.3 Å². The highest BCUT2D eigenvalue weighted by Crippen LogP contribution is 2.13. The summed E-state index contributed by atoms with van der Waals surface area (Å²) in [6.07, 6.45) is 3.18. The average molecular weight is 280 g/mol. The van der Waals surface area contributed by atoms with Crippen molar-refractivity contribution in [3.63, 3.8) is 0 Å². The van der Waals surface area contributed by atoms with Crippen molar-refractivity contribution in [1.82, 2.24) is 14.5 Å². The summed E-state index contributed by atoms with van der Waals surface area (Å²) in [5.41, 5.74) is 6.80. The predicted molar refractivity (Wildman–Crippen MR) is 73.0 cm³/mol. The van der Waals surface area contributed by atoms with Crippen molar-refractivity contribution in [1.29, 1.82) is 0 Å². The molecule has 102 valence electrons. The van der Waals surface area contributed by atoms with Crippen molar-refractivity contribution < 1.29 is 8.42 Å². The molecule has 1 aromatic carbocycles. The number of nitrogens with zero attached hydrogens (tertiary/aromatic N) is 2. The van der Waals surface area contributed by atoms with Crippen molar-refractivity contribution in [3.8, 4) is 0 Å². The van der Waals surface area contributed by atoms with Gasteiger partial charge in [0.05, 0.1) is 23.3 Å². The van der Waals surface area contributed by atoms with E-state index in [1.54, 1.807) is 42.1 Å². The number of anilines is 1. The lowest BCUT2D eigenvalue weighted by Crippen LogP contribution is -2.28. The van der Waals surface area contributed by atoms with Crippen LogP contribution >= 0.6 is 0 Å². The SMILES string of the molecule is Cc1ccccc1S(=O)(=O)NCCn1cc(N)cn1. The van der Waals surface area contributed by atoms with Crippen molar-refractivity contribution >= 4 is 15.7 Å². The minimum Gasteiger partial charge on any atom is -0.396 e. The first-order valence-corrected chi connectivity index (χ1v) is 7.30. The van der Waals surface area contributed by atoms with E-state index in [2.05, 4.69) is 9.82 Å². The molecular weight excluding hydrogens is 264 g/mol. The fraction of sp³-hybridized carbons (Fsp3) is 0.250. The summed E-state index contributed by atoms with van der Waals surface area (Å²) < 4.78 is 28.3. The largest absolute Gasteiger partial charge is 0.396 e. The molecule has 0 unspecified atom stereocenters. The zero-order valence-electron chi connectivity index (χ0n) is 10.6. The van der Waals surface area contributed by atoms with Gasteiger partial charge < -0.3 is 5.73 Å². The molecule has 6 nitrogen and oxygen atoms in total. The zero-order chi connectivity index (χ0) is 13.9. The molecule has 19 heavy (non-hydrogen) atoms. The van der Waals surface area contributed by atoms with Crippen LogP contribution in [0.15, 0.2) is 41.6 Å². The van der Waals surface area contributed by atoms with Gasteiger partial charge in [0.2, 0.25) is 10.0 Å². The van der Waals surface area contributed by atoms with Gasteiger partial charge in [-0.1, -0.05) is 18.2 Å². The van der Waals surface area contributed by atoms with Crippen LogP contribution < -0.4 is 10.5 Å². The number of hydrogen-bond donors (Lipinski definition) is 2. The highest BCUT2D eigenvalue weighted by Gasteiger charge is 2.15. The number of nitrogen functional groups attached to an aromatic ring is 1. The maximum Gasteiger partial charge on any atom is 0.240 e. The Morgan fingerprint density at radius 2 is 2.11 bits per heavy atom. The lowest BCUT2D eigenvalue weighted by Gasteiger charge is -2.09. The van der Waals surface area contributed by atoms with Gasteiger partial charge in [-0.3, -0.25) is 4.68 Å². The quantitative estimate of drug-likeness (QED) is 0.845. The second kappa shape index (κ2) is 5.41. The highest BCUT2D eigenvalue weighted by molar-refractivity contribution is 7.89. The molecular formula is C12H16N4O2S. The predicted octanol–water partition coefficient (Wildman–Crippen LogP) is 0.752. The summed E-state index contributed by atoms with van der Waals surface area (Å²) in [7, 11) is -3.48. The van der Waals surface area contributed by atoms with Crippen molar-refractivity contribution in [2.24, 2.45) is 0 Å². The number of benzene rings is 1. The minimum absolute atomic E-state index is 0.262. The van der Waals surface area contributed by atoms with E-state index in [0.717, 1.165) is 5.56 Å². The normalized spacial score (nSPS) is 11.6. The molecule has 0 bridgehead atoms. The Bertz CT molecular complexity index is 664. The van der Waals surface area contributed by atoms with Crippen LogP contribution in [0.25, 0.3) is 0 Å². The van der Waals surface area contributed by atoms with E-state index in [1.165, 1.54) is 6.20 Å². The molecule has 2 rings (SSSR count). The Labute approximate surface area is 112 Å². The van der Waals surface area contributed by atoms with Crippen LogP contribution in [0.1, 0.15) is 5.56 Å². The third-order valence-electron chi connectivity index (χ3n) is 2.67. The number of aromatic nitrogens is 2. The molecule has 1 aromatic heterocycles. The number of aryl methyl sites for hydroxylation is 1. The molecule has 0 spiro atoms. The number of rotatable bonds is 5. The molecule has 0 atom stereocenters. The van der Waals surface area contributed by atoms with Crippen LogP contribution in [0.5, 0.6) is 0 Å². The van der Waals surface area contributed by atoms with Crippen LogP contribution in [-0.4, -0.2) is 24.7 Å². The number of nitrogens with one attached hydrogen (secondary N) is 1. The smallest absolute Gasteiger partial charge is 0.240 e. The summed E-state index contributed by atoms with van der Waals surface area (Å²) in [6.45, 7) is 2.46. The maximum absolute atomic E-state index is 12.1. The fourth-order valence-electron chi connectivity index (χ4n) is 1.73. The summed E-state index contributed by atoms with van der Waals surface area (Å²) in [4.78, 5) is 0.301. The van der Waals surface area contributed by atoms with E-state index in [1.807, 2.05) is 0 Å². The Hall–Kier alpha value is -1.86. The van der Waals surface area contributed by atoms with E-state index in [-0.39, 0.29) is 6.54 Å². The van der Waals surface area contributed by atoms with Gasteiger partial charge in [0.15, 0.2) is 0 Å². The molecule has 7 heteroatoms. The van der Waals surface area contributed by atoms with E-state index in [9.17, 15) is 8.42 Å². The second-order valence-corrected chi connectivity index (χ2v) is 5.94. The van der Waals surface area contributed by atoms with E-state index < -0.39 is 10.0 Å². The lowest BCUT2D eigenvalue weighted by atomic mass is 10.2. The van der Waals surface area contributed by atoms with Gasteiger partial charge in [0, 0.05) is 12.7 Å². The second-order valence-electron chi connectivity index (χ2n) is 4.20. The standard InChI is InChI=1S/C12H16N4O2S/c1-10-4-2-3-5-12(10)19(17,18)15-6-7-16-9-11(13)8-14-16/h2-5,8-9,15H,6-7,13H2,1H3. The zero-order valence-corrected chi connectivity index (χ0v) is 11.4. The van der Waals surface area contributed by atoms with Gasteiger partial charge in [-0.2, -0.15) is 5.10 Å². The highest BCUT2D eigenvalue weighted by atomic mass is 32.2. The van der Waals surface area contributed by atoms with E-state index in [0.29, 0.717) is 17.1 Å². The first-order valence-electron chi connectivity index (χ1n) is 5.82. The van der Waals surface area contributed by atoms with Crippen molar-refractivity contribution in [2.45, 2.75) is 18.4 Å². The van der Waals surface area contributed by atoms with Crippen LogP contribution in [-0.2, 0) is 16.6 Å². The van der Waals surface area contributed by atoms with E-state index in [4.69, 9.17) is 5.73 Å². The van der Waals surface area contributed by atoms with Crippen LogP contribution in [0.2, 0.25) is 0 Å². The van der Waals surface area contributed by atoms with Crippen molar-refractivity contribution in [3.05, 3.63) is 42.2 Å². The average Bonchev–Trinajstić information content (AvgIpc) is 2.75. The summed E-state index contributed by atoms with van der Waals surface area (Å²) in [6, 6.07) is 6.86. The molecule has 2 aromatic rings. The molecule has 0 radical (unpaired) electrons. The molecule has 0 aliphatic carbocycles. The van der Waals surface area contributed by atoms with E-state index >= 15 is 0 Å². The first-order chi connectivity index (χ1) is 8.99. The van der Waals surface area contributed by atoms with Gasteiger partial charge in [-0.15, -0.1) is 0 Å². The molecule has 0 saturated heterocycles. The monoisotopic (exact) mass is 280 g/mol. The van der Waals surface area contributed by atoms with Gasteiger partial charge in [-0.25, -0.2) is 13.1 Å². The topological polar surface area (TPSA) is 90.0 Å². The maximum atomic E-state index is 12.1. The summed E-state index contributed by atoms with van der Waals surface area (Å²) in [5.74, 6) is 0. The Kier molecular flexibility index (Phi) is 3.87. The Morgan fingerprint density at radius 3 is 2.74 bits per heavy atom.